The van der Waals surface area contributed by atoms with Gasteiger partial charge >= 0.3 is 0 Å². The maximum atomic E-state index is 12.0. The number of nitriles is 1. The number of carbonyl (C=O) groups excluding carboxylic acids is 1. The number of rotatable bonds is 7. The lowest BCUT2D eigenvalue weighted by Crippen LogP contribution is -2.46. The fraction of sp³-hybridized carbons (Fsp3) is 0.429. The Balaban J connectivity index is 1.31. The van der Waals surface area contributed by atoms with Crippen molar-refractivity contribution in [3.8, 4) is 6.07 Å². The highest BCUT2D eigenvalue weighted by atomic mass is 32.2. The second-order valence-corrected chi connectivity index (χ2v) is 7.68. The number of nitrogens with zero attached hydrogens (tertiary/aromatic N) is 3. The van der Waals surface area contributed by atoms with Crippen LogP contribution in [0, 0.1) is 11.3 Å². The highest BCUT2D eigenvalue weighted by molar-refractivity contribution is 8.02. The van der Waals surface area contributed by atoms with Crippen LogP contribution in [0.2, 0.25) is 0 Å². The molecule has 5 nitrogen and oxygen atoms in total. The molecule has 0 bridgehead atoms. The van der Waals surface area contributed by atoms with E-state index in [4.69, 9.17) is 5.26 Å². The van der Waals surface area contributed by atoms with Crippen LogP contribution in [0.3, 0.4) is 0 Å². The van der Waals surface area contributed by atoms with Crippen LogP contribution in [-0.4, -0.2) is 55.8 Å². The molecule has 0 unspecified atom stereocenters. The molecule has 3 rings (SSSR count). The number of benzene rings is 1. The minimum atomic E-state index is 0.0695. The van der Waals surface area contributed by atoms with Crippen LogP contribution in [0.5, 0.6) is 0 Å². The van der Waals surface area contributed by atoms with E-state index in [1.807, 2.05) is 35.8 Å². The average Bonchev–Trinajstić information content (AvgIpc) is 2.74. The number of amides is 1. The SMILES string of the molecule is N#Cc1cccc(N2CCN(CCCCNC(=O)C3=CC=CSC3)CC2)c1. The van der Waals surface area contributed by atoms with Crippen LogP contribution >= 0.6 is 11.8 Å². The molecule has 0 atom stereocenters. The first-order valence-electron chi connectivity index (χ1n) is 9.49. The van der Waals surface area contributed by atoms with E-state index >= 15 is 0 Å². The third kappa shape index (κ3) is 5.88. The van der Waals surface area contributed by atoms with Gasteiger partial charge in [0.15, 0.2) is 0 Å². The highest BCUT2D eigenvalue weighted by Gasteiger charge is 2.17. The van der Waals surface area contributed by atoms with Gasteiger partial charge in [0.05, 0.1) is 11.6 Å². The Kier molecular flexibility index (Phi) is 7.37. The van der Waals surface area contributed by atoms with Gasteiger partial charge in [0.25, 0.3) is 0 Å². The van der Waals surface area contributed by atoms with Crippen LogP contribution in [0.15, 0.2) is 47.4 Å². The molecular weight excluding hydrogens is 356 g/mol. The van der Waals surface area contributed by atoms with Crippen LogP contribution < -0.4 is 10.2 Å². The zero-order chi connectivity index (χ0) is 18.9. The highest BCUT2D eigenvalue weighted by Crippen LogP contribution is 2.18. The van der Waals surface area contributed by atoms with E-state index < -0.39 is 0 Å². The first kappa shape index (κ1) is 19.5. The lowest BCUT2D eigenvalue weighted by Gasteiger charge is -2.36. The van der Waals surface area contributed by atoms with E-state index in [0.29, 0.717) is 0 Å². The first-order chi connectivity index (χ1) is 13.3. The summed E-state index contributed by atoms with van der Waals surface area (Å²) in [5, 5.41) is 14.1. The van der Waals surface area contributed by atoms with E-state index in [0.717, 1.165) is 74.7 Å². The molecular formula is C21H26N4OS. The van der Waals surface area contributed by atoms with Crippen molar-refractivity contribution in [1.29, 1.82) is 5.26 Å². The molecule has 2 heterocycles. The second-order valence-electron chi connectivity index (χ2n) is 6.79. The molecule has 0 aliphatic carbocycles. The van der Waals surface area contributed by atoms with Crippen LogP contribution in [0.4, 0.5) is 5.69 Å². The quantitative estimate of drug-likeness (QED) is 0.735. The van der Waals surface area contributed by atoms with Crippen molar-refractivity contribution in [2.24, 2.45) is 0 Å². The van der Waals surface area contributed by atoms with Gasteiger partial charge in [-0.1, -0.05) is 18.2 Å². The Hall–Kier alpha value is -2.23. The minimum absolute atomic E-state index is 0.0695. The number of anilines is 1. The van der Waals surface area contributed by atoms with Crippen molar-refractivity contribution >= 4 is 23.4 Å². The summed E-state index contributed by atoms with van der Waals surface area (Å²) >= 11 is 1.66. The third-order valence-electron chi connectivity index (χ3n) is 4.90. The van der Waals surface area contributed by atoms with E-state index in [1.165, 1.54) is 0 Å². The van der Waals surface area contributed by atoms with Crippen LogP contribution in [0.1, 0.15) is 18.4 Å². The fourth-order valence-electron chi connectivity index (χ4n) is 3.32. The van der Waals surface area contributed by atoms with Crippen molar-refractivity contribution < 1.29 is 4.79 Å². The molecule has 6 heteroatoms. The Labute approximate surface area is 165 Å². The van der Waals surface area contributed by atoms with Crippen LogP contribution in [-0.2, 0) is 4.79 Å². The van der Waals surface area contributed by atoms with Crippen molar-refractivity contribution in [2.75, 3.05) is 49.9 Å². The van der Waals surface area contributed by atoms with Crippen molar-refractivity contribution in [3.05, 3.63) is 53.0 Å². The summed E-state index contributed by atoms with van der Waals surface area (Å²) in [6.07, 6.45) is 5.93. The molecule has 0 spiro atoms. The third-order valence-corrected chi connectivity index (χ3v) is 5.73. The van der Waals surface area contributed by atoms with Crippen LogP contribution in [0.25, 0.3) is 0 Å². The number of hydrogen-bond acceptors (Lipinski definition) is 5. The van der Waals surface area contributed by atoms with Gasteiger partial charge in [-0.05, 0) is 43.0 Å². The maximum Gasteiger partial charge on any atom is 0.248 e. The molecule has 2 aliphatic heterocycles. The van der Waals surface area contributed by atoms with Gasteiger partial charge in [-0.2, -0.15) is 5.26 Å². The average molecular weight is 383 g/mol. The molecule has 1 saturated heterocycles. The number of unbranched alkanes of at least 4 members (excludes halogenated alkanes) is 1. The fourth-order valence-corrected chi connectivity index (χ4v) is 4.01. The second kappa shape index (κ2) is 10.2. The molecule has 0 saturated carbocycles. The van der Waals surface area contributed by atoms with Crippen molar-refractivity contribution in [1.82, 2.24) is 10.2 Å². The normalized spacial score (nSPS) is 17.3. The van der Waals surface area contributed by atoms with E-state index in [-0.39, 0.29) is 5.91 Å². The summed E-state index contributed by atoms with van der Waals surface area (Å²) in [5.41, 5.74) is 2.72. The molecule has 0 aromatic heterocycles. The topological polar surface area (TPSA) is 59.4 Å². The van der Waals surface area contributed by atoms with E-state index in [2.05, 4.69) is 27.3 Å². The number of allylic oxidation sites excluding steroid dienone is 2. The molecule has 0 radical (unpaired) electrons. The lowest BCUT2D eigenvalue weighted by atomic mass is 10.2. The Morgan fingerprint density at radius 3 is 2.81 bits per heavy atom. The zero-order valence-electron chi connectivity index (χ0n) is 15.6. The molecule has 1 amide bonds. The number of nitrogens with one attached hydrogen (secondary N) is 1. The molecule has 1 aromatic carbocycles. The summed E-state index contributed by atoms with van der Waals surface area (Å²) < 4.78 is 0. The largest absolute Gasteiger partial charge is 0.369 e. The van der Waals surface area contributed by atoms with Gasteiger partial charge in [-0.15, -0.1) is 11.8 Å². The molecule has 1 aromatic rings. The standard InChI is InChI=1S/C21H26N4OS/c22-16-18-5-3-7-20(15-18)25-12-10-24(11-13-25)9-2-1-8-23-21(26)19-6-4-14-27-17-19/h3-7,14-15H,1-2,8-13,17H2,(H,23,26). The summed E-state index contributed by atoms with van der Waals surface area (Å²) in [7, 11) is 0. The number of carbonyl (C=O) groups is 1. The van der Waals surface area contributed by atoms with Gasteiger partial charge in [-0.25, -0.2) is 0 Å². The summed E-state index contributed by atoms with van der Waals surface area (Å²) in [4.78, 5) is 16.8. The number of hydrogen-bond donors (Lipinski definition) is 1. The Bertz CT molecular complexity index is 745. The monoisotopic (exact) mass is 382 g/mol. The Morgan fingerprint density at radius 1 is 1.22 bits per heavy atom. The first-order valence-corrected chi connectivity index (χ1v) is 10.5. The molecule has 1 N–H and O–H groups in total. The number of thioether (sulfide) groups is 1. The molecule has 142 valence electrons. The summed E-state index contributed by atoms with van der Waals surface area (Å²) in [5.74, 6) is 0.837. The van der Waals surface area contributed by atoms with Gasteiger partial charge < -0.3 is 10.2 Å². The molecule has 27 heavy (non-hydrogen) atoms. The predicted molar refractivity (Wildman–Crippen MR) is 112 cm³/mol. The summed E-state index contributed by atoms with van der Waals surface area (Å²) in [6, 6.07) is 10.1. The van der Waals surface area contributed by atoms with E-state index in [9.17, 15) is 4.79 Å². The van der Waals surface area contributed by atoms with Crippen molar-refractivity contribution in [2.45, 2.75) is 12.8 Å². The van der Waals surface area contributed by atoms with Gasteiger partial charge in [-0.3, -0.25) is 9.69 Å². The molecule has 1 fully saturated rings. The smallest absolute Gasteiger partial charge is 0.248 e. The number of piperazine rings is 1. The molecule has 2 aliphatic rings. The lowest BCUT2D eigenvalue weighted by molar-refractivity contribution is -0.117. The van der Waals surface area contributed by atoms with E-state index in [1.54, 1.807) is 11.8 Å². The zero-order valence-corrected chi connectivity index (χ0v) is 16.4. The van der Waals surface area contributed by atoms with Gasteiger partial charge in [0.2, 0.25) is 5.91 Å². The minimum Gasteiger partial charge on any atom is -0.369 e. The Morgan fingerprint density at radius 2 is 2.07 bits per heavy atom. The predicted octanol–water partition coefficient (Wildman–Crippen LogP) is 2.76. The van der Waals surface area contributed by atoms with Gasteiger partial charge in [0.1, 0.15) is 0 Å². The van der Waals surface area contributed by atoms with Gasteiger partial charge in [0, 0.05) is 49.7 Å². The maximum absolute atomic E-state index is 12.0. The summed E-state index contributed by atoms with van der Waals surface area (Å²) in [6.45, 7) is 5.88. The van der Waals surface area contributed by atoms with Crippen molar-refractivity contribution in [3.63, 3.8) is 0 Å².